The Kier molecular flexibility index (Phi) is 5.61. The molecule has 112 valence electrons. The third-order valence-corrected chi connectivity index (χ3v) is 3.27. The molecule has 1 unspecified atom stereocenters. The van der Waals surface area contributed by atoms with Crippen LogP contribution in [0.3, 0.4) is 0 Å². The number of carbonyl (C=O) groups is 2. The summed E-state index contributed by atoms with van der Waals surface area (Å²) in [6.07, 6.45) is 1.59. The number of aliphatic carboxylic acids is 1. The monoisotopic (exact) mass is 282 g/mol. The fourth-order valence-corrected chi connectivity index (χ4v) is 1.89. The number of rotatable bonds is 6. The topological polar surface area (TPSA) is 74.0 Å². The Bertz CT molecular complexity index is 469. The van der Waals surface area contributed by atoms with E-state index < -0.39 is 11.9 Å². The molecule has 0 fully saturated rings. The van der Waals surface area contributed by atoms with Gasteiger partial charge in [0.15, 0.2) is 0 Å². The second-order valence-electron chi connectivity index (χ2n) is 4.92. The van der Waals surface area contributed by atoms with E-state index in [4.69, 9.17) is 9.52 Å². The first-order valence-corrected chi connectivity index (χ1v) is 6.62. The molecule has 0 radical (unpaired) electrons. The van der Waals surface area contributed by atoms with E-state index in [1.165, 1.54) is 4.90 Å². The van der Waals surface area contributed by atoms with Crippen LogP contribution >= 0.6 is 0 Å². The second kappa shape index (κ2) is 6.98. The molecule has 1 rings (SSSR count). The van der Waals surface area contributed by atoms with Crippen LogP contribution in [0.4, 0.5) is 4.79 Å². The van der Waals surface area contributed by atoms with Gasteiger partial charge in [0.2, 0.25) is 0 Å². The Morgan fingerprint density at radius 3 is 2.55 bits per heavy atom. The number of nitrogens with zero attached hydrogens (tertiary/aromatic N) is 2. The molecule has 1 heterocycles. The third-order valence-electron chi connectivity index (χ3n) is 3.27. The molecule has 1 aromatic heterocycles. The summed E-state index contributed by atoms with van der Waals surface area (Å²) < 4.78 is 5.20. The van der Waals surface area contributed by atoms with Crippen LogP contribution in [0.5, 0.6) is 0 Å². The van der Waals surface area contributed by atoms with E-state index in [1.807, 2.05) is 19.9 Å². The smallest absolute Gasteiger partial charge is 0.320 e. The van der Waals surface area contributed by atoms with Gasteiger partial charge in [-0.25, -0.2) is 4.79 Å². The van der Waals surface area contributed by atoms with Crippen molar-refractivity contribution in [2.24, 2.45) is 5.92 Å². The van der Waals surface area contributed by atoms with Crippen LogP contribution < -0.4 is 0 Å². The zero-order valence-electron chi connectivity index (χ0n) is 12.4. The number of urea groups is 1. The second-order valence-corrected chi connectivity index (χ2v) is 4.92. The SMILES string of the molecule is CCN(CC(C)C(=O)O)C(=O)N(C)Cc1ccoc1C. The first-order chi connectivity index (χ1) is 9.36. The van der Waals surface area contributed by atoms with Gasteiger partial charge in [-0.05, 0) is 19.9 Å². The molecule has 0 spiro atoms. The number of hydrogen-bond acceptors (Lipinski definition) is 3. The largest absolute Gasteiger partial charge is 0.481 e. The number of carboxylic acids is 1. The van der Waals surface area contributed by atoms with Gasteiger partial charge in [0.1, 0.15) is 5.76 Å². The fraction of sp³-hybridized carbons (Fsp3) is 0.571. The third kappa shape index (κ3) is 4.01. The van der Waals surface area contributed by atoms with Gasteiger partial charge in [-0.1, -0.05) is 6.92 Å². The molecule has 0 aliphatic heterocycles. The lowest BCUT2D eigenvalue weighted by atomic mass is 10.2. The molecule has 6 nitrogen and oxygen atoms in total. The lowest BCUT2D eigenvalue weighted by Gasteiger charge is -2.28. The highest BCUT2D eigenvalue weighted by Gasteiger charge is 2.22. The molecular weight excluding hydrogens is 260 g/mol. The average molecular weight is 282 g/mol. The van der Waals surface area contributed by atoms with Gasteiger partial charge < -0.3 is 19.3 Å². The van der Waals surface area contributed by atoms with Gasteiger partial charge >= 0.3 is 12.0 Å². The molecule has 0 saturated heterocycles. The minimum Gasteiger partial charge on any atom is -0.481 e. The number of aryl methyl sites for hydroxylation is 1. The predicted octanol–water partition coefficient (Wildman–Crippen LogP) is 2.18. The molecule has 1 N–H and O–H groups in total. The summed E-state index contributed by atoms with van der Waals surface area (Å²) in [7, 11) is 1.70. The zero-order chi connectivity index (χ0) is 15.3. The summed E-state index contributed by atoms with van der Waals surface area (Å²) in [5, 5.41) is 8.93. The van der Waals surface area contributed by atoms with E-state index in [9.17, 15) is 9.59 Å². The summed E-state index contributed by atoms with van der Waals surface area (Å²) in [6, 6.07) is 1.65. The van der Waals surface area contributed by atoms with Crippen LogP contribution in [-0.4, -0.2) is 47.0 Å². The minimum atomic E-state index is -0.899. The highest BCUT2D eigenvalue weighted by atomic mass is 16.4. The Hall–Kier alpha value is -1.98. The summed E-state index contributed by atoms with van der Waals surface area (Å²) in [5.74, 6) is -0.695. The van der Waals surface area contributed by atoms with Crippen molar-refractivity contribution in [2.45, 2.75) is 27.3 Å². The van der Waals surface area contributed by atoms with Gasteiger partial charge in [-0.2, -0.15) is 0 Å². The predicted molar refractivity (Wildman–Crippen MR) is 74.4 cm³/mol. The average Bonchev–Trinajstić information content (AvgIpc) is 2.80. The highest BCUT2D eigenvalue weighted by molar-refractivity contribution is 5.76. The Labute approximate surface area is 119 Å². The Morgan fingerprint density at radius 2 is 2.10 bits per heavy atom. The van der Waals surface area contributed by atoms with Crippen LogP contribution in [0.2, 0.25) is 0 Å². The molecule has 6 heteroatoms. The summed E-state index contributed by atoms with van der Waals surface area (Å²) >= 11 is 0. The van der Waals surface area contributed by atoms with E-state index in [2.05, 4.69) is 0 Å². The summed E-state index contributed by atoms with van der Waals surface area (Å²) in [5.41, 5.74) is 0.947. The molecule has 0 bridgehead atoms. The van der Waals surface area contributed by atoms with Crippen molar-refractivity contribution in [2.75, 3.05) is 20.1 Å². The first kappa shape index (κ1) is 16.1. The van der Waals surface area contributed by atoms with Crippen LogP contribution in [0.25, 0.3) is 0 Å². The minimum absolute atomic E-state index is 0.179. The van der Waals surface area contributed by atoms with Crippen LogP contribution in [0.1, 0.15) is 25.2 Å². The van der Waals surface area contributed by atoms with E-state index in [0.29, 0.717) is 13.1 Å². The molecule has 20 heavy (non-hydrogen) atoms. The highest BCUT2D eigenvalue weighted by Crippen LogP contribution is 2.12. The standard InChI is InChI=1S/C14H22N2O4/c1-5-16(8-10(2)13(17)18)14(19)15(4)9-12-6-7-20-11(12)3/h6-7,10H,5,8-9H2,1-4H3,(H,17,18). The number of carbonyl (C=O) groups excluding carboxylic acids is 1. The fourth-order valence-electron chi connectivity index (χ4n) is 1.89. The lowest BCUT2D eigenvalue weighted by Crippen LogP contribution is -2.43. The molecule has 0 aliphatic rings. The Balaban J connectivity index is 2.66. The van der Waals surface area contributed by atoms with E-state index in [-0.39, 0.29) is 12.6 Å². The maximum absolute atomic E-state index is 12.3. The van der Waals surface area contributed by atoms with Gasteiger partial charge in [0, 0.05) is 25.7 Å². The van der Waals surface area contributed by atoms with Crippen LogP contribution in [-0.2, 0) is 11.3 Å². The number of carboxylic acid groups (broad SMARTS) is 1. The number of hydrogen-bond donors (Lipinski definition) is 1. The Morgan fingerprint density at radius 1 is 1.45 bits per heavy atom. The molecule has 0 aliphatic carbocycles. The van der Waals surface area contributed by atoms with Crippen molar-refractivity contribution in [1.82, 2.24) is 9.80 Å². The van der Waals surface area contributed by atoms with Crippen molar-refractivity contribution < 1.29 is 19.1 Å². The van der Waals surface area contributed by atoms with Gasteiger partial charge in [-0.3, -0.25) is 4.79 Å². The van der Waals surface area contributed by atoms with Crippen molar-refractivity contribution >= 4 is 12.0 Å². The quantitative estimate of drug-likeness (QED) is 0.868. The van der Waals surface area contributed by atoms with E-state index >= 15 is 0 Å². The molecule has 2 amide bonds. The van der Waals surface area contributed by atoms with E-state index in [0.717, 1.165) is 11.3 Å². The van der Waals surface area contributed by atoms with Crippen LogP contribution in [0, 0.1) is 12.8 Å². The molecule has 1 atom stereocenters. The molecule has 0 aromatic carbocycles. The zero-order valence-corrected chi connectivity index (χ0v) is 12.4. The van der Waals surface area contributed by atoms with Crippen molar-refractivity contribution in [3.63, 3.8) is 0 Å². The van der Waals surface area contributed by atoms with Crippen molar-refractivity contribution in [1.29, 1.82) is 0 Å². The molecular formula is C14H22N2O4. The molecule has 1 aromatic rings. The maximum atomic E-state index is 12.3. The summed E-state index contributed by atoms with van der Waals surface area (Å²) in [6.45, 7) is 6.41. The molecule has 0 saturated carbocycles. The van der Waals surface area contributed by atoms with E-state index in [1.54, 1.807) is 25.1 Å². The van der Waals surface area contributed by atoms with Crippen molar-refractivity contribution in [3.8, 4) is 0 Å². The van der Waals surface area contributed by atoms with Gasteiger partial charge in [-0.15, -0.1) is 0 Å². The van der Waals surface area contributed by atoms with Gasteiger partial charge in [0.05, 0.1) is 18.7 Å². The number of furan rings is 1. The van der Waals surface area contributed by atoms with Crippen LogP contribution in [0.15, 0.2) is 16.7 Å². The van der Waals surface area contributed by atoms with Crippen molar-refractivity contribution in [3.05, 3.63) is 23.7 Å². The first-order valence-electron chi connectivity index (χ1n) is 6.62. The number of amides is 2. The maximum Gasteiger partial charge on any atom is 0.320 e. The van der Waals surface area contributed by atoms with Gasteiger partial charge in [0.25, 0.3) is 0 Å². The summed E-state index contributed by atoms with van der Waals surface area (Å²) in [4.78, 5) is 26.3. The normalized spacial score (nSPS) is 12.0. The lowest BCUT2D eigenvalue weighted by molar-refractivity contribution is -0.141.